The lowest BCUT2D eigenvalue weighted by atomic mass is 9.93. The molecule has 2 aromatic rings. The van der Waals surface area contributed by atoms with E-state index in [9.17, 15) is 4.79 Å². The highest BCUT2D eigenvalue weighted by molar-refractivity contribution is 6.09. The molecular weight excluding hydrogens is 236 g/mol. The van der Waals surface area contributed by atoms with Crippen molar-refractivity contribution in [1.29, 1.82) is 0 Å². The van der Waals surface area contributed by atoms with E-state index in [0.29, 0.717) is 5.92 Å². The Kier molecular flexibility index (Phi) is 1.88. The number of fused-ring (bicyclic) bond motifs is 2. The van der Waals surface area contributed by atoms with Crippen LogP contribution in [0.4, 0.5) is 5.69 Å². The number of aromatic nitrogens is 1. The molecular formula is C16H16N2O. The van der Waals surface area contributed by atoms with E-state index in [2.05, 4.69) is 36.3 Å². The van der Waals surface area contributed by atoms with Gasteiger partial charge in [-0.1, -0.05) is 18.2 Å². The Morgan fingerprint density at radius 1 is 1.26 bits per heavy atom. The Labute approximate surface area is 112 Å². The second kappa shape index (κ2) is 3.29. The summed E-state index contributed by atoms with van der Waals surface area (Å²) >= 11 is 0. The van der Waals surface area contributed by atoms with E-state index in [0.717, 1.165) is 17.7 Å². The summed E-state index contributed by atoms with van der Waals surface area (Å²) in [5, 5.41) is 3.02. The van der Waals surface area contributed by atoms with Gasteiger partial charge in [-0.05, 0) is 43.5 Å². The van der Waals surface area contributed by atoms with Crippen LogP contribution in [-0.4, -0.2) is 10.9 Å². The highest BCUT2D eigenvalue weighted by Crippen LogP contribution is 2.65. The summed E-state index contributed by atoms with van der Waals surface area (Å²) in [7, 11) is 0. The normalized spacial score (nSPS) is 27.5. The predicted molar refractivity (Wildman–Crippen MR) is 74.4 cm³/mol. The van der Waals surface area contributed by atoms with Crippen molar-refractivity contribution in [2.75, 3.05) is 5.32 Å². The van der Waals surface area contributed by atoms with Crippen LogP contribution in [0.5, 0.6) is 0 Å². The Hall–Kier alpha value is -2.03. The van der Waals surface area contributed by atoms with E-state index in [-0.39, 0.29) is 11.3 Å². The first kappa shape index (κ1) is 10.9. The van der Waals surface area contributed by atoms with Gasteiger partial charge in [-0.15, -0.1) is 0 Å². The van der Waals surface area contributed by atoms with Gasteiger partial charge >= 0.3 is 0 Å². The zero-order chi connectivity index (χ0) is 13.2. The lowest BCUT2D eigenvalue weighted by molar-refractivity contribution is -0.118. The van der Waals surface area contributed by atoms with Crippen LogP contribution in [0.3, 0.4) is 0 Å². The monoisotopic (exact) mass is 252 g/mol. The summed E-state index contributed by atoms with van der Waals surface area (Å²) in [6.07, 6.45) is 0.913. The third-order valence-electron chi connectivity index (χ3n) is 4.56. The third-order valence-corrected chi connectivity index (χ3v) is 4.56. The fraction of sp³-hybridized carbons (Fsp3) is 0.312. The average Bonchev–Trinajstić information content (AvgIpc) is 2.94. The minimum Gasteiger partial charge on any atom is -0.362 e. The summed E-state index contributed by atoms with van der Waals surface area (Å²) in [5.74, 6) is 0.454. The molecule has 96 valence electrons. The number of aryl methyl sites for hydroxylation is 2. The molecule has 2 aliphatic rings. The molecule has 1 aromatic heterocycles. The van der Waals surface area contributed by atoms with Crippen LogP contribution in [0, 0.1) is 13.8 Å². The number of nitrogens with one attached hydrogen (secondary N) is 2. The van der Waals surface area contributed by atoms with Crippen molar-refractivity contribution in [1.82, 2.24) is 4.98 Å². The smallest absolute Gasteiger partial charge is 0.235 e. The van der Waals surface area contributed by atoms with E-state index in [1.54, 1.807) is 0 Å². The van der Waals surface area contributed by atoms with Crippen molar-refractivity contribution in [2.45, 2.75) is 31.6 Å². The first-order valence-corrected chi connectivity index (χ1v) is 6.70. The summed E-state index contributed by atoms with van der Waals surface area (Å²) in [6.45, 7) is 4.18. The number of hydrogen-bond acceptors (Lipinski definition) is 1. The number of rotatable bonds is 1. The number of H-pyrrole nitrogens is 1. The summed E-state index contributed by atoms with van der Waals surface area (Å²) in [6, 6.07) is 10.2. The standard InChI is InChI=1S/C16H16N2O/c1-9-7-10(2)17-14(9)12-8-16(12)11-5-3-4-6-13(11)18-15(16)19/h3-7,12,17H,8H2,1-2H3,(H,18,19). The molecule has 0 bridgehead atoms. The van der Waals surface area contributed by atoms with Crippen LogP contribution in [-0.2, 0) is 10.2 Å². The Morgan fingerprint density at radius 2 is 2.05 bits per heavy atom. The first-order chi connectivity index (χ1) is 9.13. The third kappa shape index (κ3) is 1.25. The maximum absolute atomic E-state index is 12.4. The number of anilines is 1. The molecule has 1 spiro atoms. The van der Waals surface area contributed by atoms with Crippen LogP contribution in [0.1, 0.15) is 34.9 Å². The maximum atomic E-state index is 12.4. The van der Waals surface area contributed by atoms with E-state index in [1.165, 1.54) is 17.0 Å². The van der Waals surface area contributed by atoms with Gasteiger partial charge in [-0.25, -0.2) is 0 Å². The number of carbonyl (C=O) groups excluding carboxylic acids is 1. The Balaban J connectivity index is 1.82. The molecule has 1 aromatic carbocycles. The molecule has 2 atom stereocenters. The summed E-state index contributed by atoms with van der Waals surface area (Å²) < 4.78 is 0. The second-order valence-electron chi connectivity index (χ2n) is 5.78. The Bertz CT molecular complexity index is 701. The van der Waals surface area contributed by atoms with Crippen molar-refractivity contribution in [3.63, 3.8) is 0 Å². The predicted octanol–water partition coefficient (Wildman–Crippen LogP) is 3.01. The van der Waals surface area contributed by atoms with Crippen molar-refractivity contribution in [2.24, 2.45) is 0 Å². The van der Waals surface area contributed by atoms with Crippen LogP contribution in [0.15, 0.2) is 30.3 Å². The molecule has 2 heterocycles. The number of benzene rings is 1. The molecule has 0 saturated heterocycles. The number of carbonyl (C=O) groups is 1. The van der Waals surface area contributed by atoms with Gasteiger partial charge in [0.2, 0.25) is 5.91 Å². The van der Waals surface area contributed by atoms with Gasteiger partial charge < -0.3 is 10.3 Å². The molecule has 0 radical (unpaired) electrons. The van der Waals surface area contributed by atoms with Crippen LogP contribution in [0.25, 0.3) is 0 Å². The minimum absolute atomic E-state index is 0.158. The van der Waals surface area contributed by atoms with Gasteiger partial charge in [0.15, 0.2) is 0 Å². The molecule has 19 heavy (non-hydrogen) atoms. The molecule has 2 N–H and O–H groups in total. The highest BCUT2D eigenvalue weighted by atomic mass is 16.2. The lowest BCUT2D eigenvalue weighted by Gasteiger charge is -2.08. The summed E-state index contributed by atoms with van der Waals surface area (Å²) in [4.78, 5) is 15.8. The van der Waals surface area contributed by atoms with Crippen LogP contribution >= 0.6 is 0 Å². The van der Waals surface area contributed by atoms with Crippen molar-refractivity contribution < 1.29 is 4.79 Å². The molecule has 1 fully saturated rings. The number of amides is 1. The van der Waals surface area contributed by atoms with Gasteiger partial charge in [0.05, 0.1) is 5.41 Å². The van der Waals surface area contributed by atoms with E-state index < -0.39 is 0 Å². The molecule has 2 unspecified atom stereocenters. The lowest BCUT2D eigenvalue weighted by Crippen LogP contribution is -2.21. The quantitative estimate of drug-likeness (QED) is 0.805. The zero-order valence-electron chi connectivity index (χ0n) is 11.1. The van der Waals surface area contributed by atoms with Gasteiger partial charge in [-0.3, -0.25) is 4.79 Å². The molecule has 3 nitrogen and oxygen atoms in total. The van der Waals surface area contributed by atoms with Crippen molar-refractivity contribution in [3.05, 3.63) is 52.8 Å². The second-order valence-corrected chi connectivity index (χ2v) is 5.78. The molecule has 4 rings (SSSR count). The fourth-order valence-corrected chi connectivity index (χ4v) is 3.61. The Morgan fingerprint density at radius 3 is 2.79 bits per heavy atom. The van der Waals surface area contributed by atoms with E-state index >= 15 is 0 Å². The first-order valence-electron chi connectivity index (χ1n) is 6.70. The minimum atomic E-state index is -0.321. The largest absolute Gasteiger partial charge is 0.362 e. The van der Waals surface area contributed by atoms with Gasteiger partial charge in [0.1, 0.15) is 0 Å². The van der Waals surface area contributed by atoms with Crippen molar-refractivity contribution >= 4 is 11.6 Å². The van der Waals surface area contributed by atoms with E-state index in [4.69, 9.17) is 0 Å². The van der Waals surface area contributed by atoms with Gasteiger partial charge in [0.25, 0.3) is 0 Å². The fourth-order valence-electron chi connectivity index (χ4n) is 3.61. The van der Waals surface area contributed by atoms with Gasteiger partial charge in [0, 0.05) is 23.0 Å². The van der Waals surface area contributed by atoms with Crippen molar-refractivity contribution in [3.8, 4) is 0 Å². The van der Waals surface area contributed by atoms with Gasteiger partial charge in [-0.2, -0.15) is 0 Å². The molecule has 3 heteroatoms. The average molecular weight is 252 g/mol. The number of para-hydroxylation sites is 1. The molecule has 1 aliphatic heterocycles. The van der Waals surface area contributed by atoms with E-state index in [1.807, 2.05) is 18.2 Å². The highest BCUT2D eigenvalue weighted by Gasteiger charge is 2.65. The zero-order valence-corrected chi connectivity index (χ0v) is 11.1. The topological polar surface area (TPSA) is 44.9 Å². The van der Waals surface area contributed by atoms with Crippen LogP contribution in [0.2, 0.25) is 0 Å². The number of aromatic amines is 1. The summed E-state index contributed by atoms with van der Waals surface area (Å²) in [5.41, 5.74) is 5.48. The SMILES string of the molecule is Cc1cc(C)c(C2CC23C(=O)Nc2ccccc23)[nH]1. The molecule has 1 saturated carbocycles. The molecule has 1 aliphatic carbocycles. The molecule has 1 amide bonds. The number of hydrogen-bond donors (Lipinski definition) is 2. The maximum Gasteiger partial charge on any atom is 0.235 e. The van der Waals surface area contributed by atoms with Crippen LogP contribution < -0.4 is 5.32 Å².